The zero-order valence-corrected chi connectivity index (χ0v) is 9.02. The second kappa shape index (κ2) is 4.12. The standard InChI is InChI=1S/C11H21NO/c1-4-11(2,3)10(13)12-9-7-5-6-8-9/h9H,4-8H2,1-3H3,(H,12,13). The minimum atomic E-state index is -0.192. The summed E-state index contributed by atoms with van der Waals surface area (Å²) in [6.07, 6.45) is 5.80. The zero-order valence-electron chi connectivity index (χ0n) is 9.02. The third-order valence-corrected chi connectivity index (χ3v) is 3.19. The van der Waals surface area contributed by atoms with E-state index >= 15 is 0 Å². The lowest BCUT2D eigenvalue weighted by molar-refractivity contribution is -0.130. The van der Waals surface area contributed by atoms with Crippen molar-refractivity contribution in [1.82, 2.24) is 5.32 Å². The van der Waals surface area contributed by atoms with Crippen molar-refractivity contribution >= 4 is 5.91 Å². The fourth-order valence-corrected chi connectivity index (χ4v) is 1.61. The Morgan fingerprint density at radius 3 is 2.38 bits per heavy atom. The molecule has 1 aliphatic carbocycles. The Kier molecular flexibility index (Phi) is 3.34. The summed E-state index contributed by atoms with van der Waals surface area (Å²) in [5, 5.41) is 3.13. The van der Waals surface area contributed by atoms with Gasteiger partial charge in [0.1, 0.15) is 0 Å². The summed E-state index contributed by atoms with van der Waals surface area (Å²) in [6.45, 7) is 6.09. The number of hydrogen-bond donors (Lipinski definition) is 1. The van der Waals surface area contributed by atoms with Gasteiger partial charge in [-0.2, -0.15) is 0 Å². The van der Waals surface area contributed by atoms with Crippen molar-refractivity contribution in [3.63, 3.8) is 0 Å². The summed E-state index contributed by atoms with van der Waals surface area (Å²) in [4.78, 5) is 11.7. The lowest BCUT2D eigenvalue weighted by Gasteiger charge is -2.24. The summed E-state index contributed by atoms with van der Waals surface area (Å²) in [6, 6.07) is 0.457. The SMILES string of the molecule is CCC(C)(C)C(=O)NC1CCCC1. The summed E-state index contributed by atoms with van der Waals surface area (Å²) < 4.78 is 0. The maximum atomic E-state index is 11.7. The average Bonchev–Trinajstić information content (AvgIpc) is 2.57. The number of nitrogens with one attached hydrogen (secondary N) is 1. The summed E-state index contributed by atoms with van der Waals surface area (Å²) in [7, 11) is 0. The molecule has 2 nitrogen and oxygen atoms in total. The van der Waals surface area contributed by atoms with Crippen LogP contribution in [0.5, 0.6) is 0 Å². The first-order chi connectivity index (χ1) is 6.06. The molecule has 1 N–H and O–H groups in total. The third-order valence-electron chi connectivity index (χ3n) is 3.19. The molecular weight excluding hydrogens is 162 g/mol. The molecule has 0 aliphatic heterocycles. The van der Waals surface area contributed by atoms with Crippen LogP contribution in [0.2, 0.25) is 0 Å². The lowest BCUT2D eigenvalue weighted by Crippen LogP contribution is -2.41. The van der Waals surface area contributed by atoms with Crippen molar-refractivity contribution in [3.8, 4) is 0 Å². The van der Waals surface area contributed by atoms with Gasteiger partial charge in [-0.05, 0) is 19.3 Å². The maximum Gasteiger partial charge on any atom is 0.225 e. The molecule has 0 aromatic carbocycles. The van der Waals surface area contributed by atoms with Gasteiger partial charge in [0.15, 0.2) is 0 Å². The number of rotatable bonds is 3. The smallest absolute Gasteiger partial charge is 0.225 e. The highest BCUT2D eigenvalue weighted by molar-refractivity contribution is 5.81. The maximum absolute atomic E-state index is 11.7. The minimum absolute atomic E-state index is 0.192. The van der Waals surface area contributed by atoms with Crippen LogP contribution in [0, 0.1) is 5.41 Å². The molecule has 1 fully saturated rings. The highest BCUT2D eigenvalue weighted by atomic mass is 16.2. The van der Waals surface area contributed by atoms with Gasteiger partial charge in [-0.25, -0.2) is 0 Å². The molecule has 0 bridgehead atoms. The van der Waals surface area contributed by atoms with Gasteiger partial charge >= 0.3 is 0 Å². The van der Waals surface area contributed by atoms with Crippen molar-refractivity contribution in [2.75, 3.05) is 0 Å². The first-order valence-electron chi connectivity index (χ1n) is 5.37. The number of carbonyl (C=O) groups is 1. The van der Waals surface area contributed by atoms with Crippen LogP contribution in [0.25, 0.3) is 0 Å². The van der Waals surface area contributed by atoms with E-state index < -0.39 is 0 Å². The van der Waals surface area contributed by atoms with Gasteiger partial charge in [0.2, 0.25) is 5.91 Å². The normalized spacial score (nSPS) is 19.0. The predicted octanol–water partition coefficient (Wildman–Crippen LogP) is 2.48. The predicted molar refractivity (Wildman–Crippen MR) is 54.5 cm³/mol. The highest BCUT2D eigenvalue weighted by Crippen LogP contribution is 2.23. The van der Waals surface area contributed by atoms with E-state index in [9.17, 15) is 4.79 Å². The number of carbonyl (C=O) groups excluding carboxylic acids is 1. The molecule has 0 saturated heterocycles. The molecule has 2 heteroatoms. The molecule has 76 valence electrons. The van der Waals surface area contributed by atoms with Crippen LogP contribution in [0.4, 0.5) is 0 Å². The molecule has 1 rings (SSSR count). The van der Waals surface area contributed by atoms with Crippen LogP contribution in [-0.2, 0) is 4.79 Å². The Morgan fingerprint density at radius 2 is 1.92 bits per heavy atom. The first kappa shape index (κ1) is 10.6. The molecule has 0 spiro atoms. The minimum Gasteiger partial charge on any atom is -0.353 e. The third kappa shape index (κ3) is 2.71. The van der Waals surface area contributed by atoms with Crippen molar-refractivity contribution in [3.05, 3.63) is 0 Å². The van der Waals surface area contributed by atoms with E-state index in [0.29, 0.717) is 6.04 Å². The molecule has 0 aromatic rings. The van der Waals surface area contributed by atoms with Gasteiger partial charge in [-0.15, -0.1) is 0 Å². The fourth-order valence-electron chi connectivity index (χ4n) is 1.61. The number of amides is 1. The summed E-state index contributed by atoms with van der Waals surface area (Å²) in [5.74, 6) is 0.224. The molecule has 0 heterocycles. The van der Waals surface area contributed by atoms with E-state index in [4.69, 9.17) is 0 Å². The van der Waals surface area contributed by atoms with Crippen LogP contribution in [-0.4, -0.2) is 11.9 Å². The molecule has 0 atom stereocenters. The fraction of sp³-hybridized carbons (Fsp3) is 0.909. The quantitative estimate of drug-likeness (QED) is 0.715. The van der Waals surface area contributed by atoms with Gasteiger partial charge < -0.3 is 5.32 Å². The number of hydrogen-bond acceptors (Lipinski definition) is 1. The van der Waals surface area contributed by atoms with Gasteiger partial charge in [-0.1, -0.05) is 33.6 Å². The van der Waals surface area contributed by atoms with Crippen LogP contribution in [0.15, 0.2) is 0 Å². The zero-order chi connectivity index (χ0) is 9.90. The van der Waals surface area contributed by atoms with Crippen molar-refractivity contribution in [2.24, 2.45) is 5.41 Å². The monoisotopic (exact) mass is 183 g/mol. The molecule has 0 radical (unpaired) electrons. The molecule has 1 aliphatic rings. The molecule has 0 unspecified atom stereocenters. The van der Waals surface area contributed by atoms with Crippen LogP contribution in [0.1, 0.15) is 52.9 Å². The van der Waals surface area contributed by atoms with E-state index in [1.165, 1.54) is 25.7 Å². The Labute approximate surface area is 81.1 Å². The summed E-state index contributed by atoms with van der Waals surface area (Å²) in [5.41, 5.74) is -0.192. The van der Waals surface area contributed by atoms with Crippen LogP contribution in [0.3, 0.4) is 0 Å². The van der Waals surface area contributed by atoms with Crippen LogP contribution >= 0.6 is 0 Å². The highest BCUT2D eigenvalue weighted by Gasteiger charge is 2.28. The Balaban J connectivity index is 2.39. The van der Waals surface area contributed by atoms with E-state index in [2.05, 4.69) is 12.2 Å². The van der Waals surface area contributed by atoms with Gasteiger partial charge in [0, 0.05) is 11.5 Å². The van der Waals surface area contributed by atoms with E-state index in [-0.39, 0.29) is 11.3 Å². The summed E-state index contributed by atoms with van der Waals surface area (Å²) >= 11 is 0. The van der Waals surface area contributed by atoms with Gasteiger partial charge in [0.25, 0.3) is 0 Å². The molecule has 0 aromatic heterocycles. The van der Waals surface area contributed by atoms with Gasteiger partial charge in [-0.3, -0.25) is 4.79 Å². The van der Waals surface area contributed by atoms with Crippen LogP contribution < -0.4 is 5.32 Å². The lowest BCUT2D eigenvalue weighted by atomic mass is 9.89. The van der Waals surface area contributed by atoms with E-state index in [0.717, 1.165) is 6.42 Å². The van der Waals surface area contributed by atoms with Crippen molar-refractivity contribution in [2.45, 2.75) is 58.9 Å². The topological polar surface area (TPSA) is 29.1 Å². The molecule has 1 saturated carbocycles. The molecule has 13 heavy (non-hydrogen) atoms. The van der Waals surface area contributed by atoms with Crippen molar-refractivity contribution in [1.29, 1.82) is 0 Å². The Bertz CT molecular complexity index is 181. The van der Waals surface area contributed by atoms with E-state index in [1.807, 2.05) is 13.8 Å². The largest absolute Gasteiger partial charge is 0.353 e. The average molecular weight is 183 g/mol. The van der Waals surface area contributed by atoms with Gasteiger partial charge in [0.05, 0.1) is 0 Å². The Hall–Kier alpha value is -0.530. The second-order valence-electron chi connectivity index (χ2n) is 4.69. The second-order valence-corrected chi connectivity index (χ2v) is 4.69. The first-order valence-corrected chi connectivity index (χ1v) is 5.37. The molecule has 1 amide bonds. The Morgan fingerprint density at radius 1 is 1.38 bits per heavy atom. The van der Waals surface area contributed by atoms with Crippen molar-refractivity contribution < 1.29 is 4.79 Å². The van der Waals surface area contributed by atoms with E-state index in [1.54, 1.807) is 0 Å². The molecular formula is C11H21NO.